The molecule has 0 aliphatic rings. The van der Waals surface area contributed by atoms with Crippen LogP contribution in [0.1, 0.15) is 52.1 Å². The van der Waals surface area contributed by atoms with E-state index in [1.54, 1.807) is 12.4 Å². The van der Waals surface area contributed by atoms with E-state index >= 15 is 0 Å². The first-order chi connectivity index (χ1) is 8.78. The van der Waals surface area contributed by atoms with Crippen LogP contribution in [0, 0.1) is 5.41 Å². The molecule has 0 aliphatic carbocycles. The van der Waals surface area contributed by atoms with Crippen LogP contribution in [0.3, 0.4) is 0 Å². The molecule has 0 saturated heterocycles. The Balaban J connectivity index is 2.43. The number of hydrogen-bond acceptors (Lipinski definition) is 3. The van der Waals surface area contributed by atoms with Crippen molar-refractivity contribution in [3.63, 3.8) is 0 Å². The summed E-state index contributed by atoms with van der Waals surface area (Å²) in [5.74, 6) is 0.000984. The SMILES string of the molecule is C[C@@H](NC(=O)CC(N)CC(C)(C)C)c1ccncc1. The second kappa shape index (κ2) is 6.66. The van der Waals surface area contributed by atoms with Gasteiger partial charge in [-0.3, -0.25) is 9.78 Å². The van der Waals surface area contributed by atoms with Gasteiger partial charge in [0, 0.05) is 24.9 Å². The number of rotatable bonds is 5. The molecule has 0 saturated carbocycles. The number of nitrogens with two attached hydrogens (primary N) is 1. The van der Waals surface area contributed by atoms with Crippen LogP contribution in [0.25, 0.3) is 0 Å². The van der Waals surface area contributed by atoms with E-state index in [0.29, 0.717) is 6.42 Å². The molecular formula is C15H25N3O. The topological polar surface area (TPSA) is 68.0 Å². The van der Waals surface area contributed by atoms with Crippen molar-refractivity contribution in [1.29, 1.82) is 0 Å². The van der Waals surface area contributed by atoms with Crippen molar-refractivity contribution in [3.05, 3.63) is 30.1 Å². The average molecular weight is 263 g/mol. The highest BCUT2D eigenvalue weighted by Crippen LogP contribution is 2.21. The fraction of sp³-hybridized carbons (Fsp3) is 0.600. The number of pyridine rings is 1. The smallest absolute Gasteiger partial charge is 0.222 e. The van der Waals surface area contributed by atoms with E-state index in [0.717, 1.165) is 12.0 Å². The first-order valence-electron chi connectivity index (χ1n) is 6.73. The Morgan fingerprint density at radius 2 is 1.95 bits per heavy atom. The number of carbonyl (C=O) groups is 1. The standard InChI is InChI=1S/C15H25N3O/c1-11(12-5-7-17-8-6-12)18-14(19)9-13(16)10-15(2,3)4/h5-8,11,13H,9-10,16H2,1-4H3,(H,18,19)/t11-,13?/m1/s1. The second-order valence-electron chi connectivity index (χ2n) is 6.30. The Morgan fingerprint density at radius 1 is 1.37 bits per heavy atom. The van der Waals surface area contributed by atoms with Gasteiger partial charge < -0.3 is 11.1 Å². The van der Waals surface area contributed by atoms with Crippen LogP contribution in [0.2, 0.25) is 0 Å². The summed E-state index contributed by atoms with van der Waals surface area (Å²) >= 11 is 0. The number of nitrogens with one attached hydrogen (secondary N) is 1. The van der Waals surface area contributed by atoms with Crippen LogP contribution >= 0.6 is 0 Å². The van der Waals surface area contributed by atoms with Crippen molar-refractivity contribution in [2.75, 3.05) is 0 Å². The third kappa shape index (κ3) is 6.34. The van der Waals surface area contributed by atoms with Crippen LogP contribution in [-0.4, -0.2) is 16.9 Å². The van der Waals surface area contributed by atoms with E-state index in [4.69, 9.17) is 5.73 Å². The van der Waals surface area contributed by atoms with E-state index in [-0.39, 0.29) is 23.4 Å². The van der Waals surface area contributed by atoms with Gasteiger partial charge in [0.15, 0.2) is 0 Å². The number of carbonyl (C=O) groups excluding carboxylic acids is 1. The van der Waals surface area contributed by atoms with Crippen molar-refractivity contribution in [2.24, 2.45) is 11.1 Å². The Labute approximate surface area is 115 Å². The summed E-state index contributed by atoms with van der Waals surface area (Å²) in [6.07, 6.45) is 4.66. The molecule has 106 valence electrons. The Morgan fingerprint density at radius 3 is 2.47 bits per heavy atom. The molecule has 4 nitrogen and oxygen atoms in total. The highest BCUT2D eigenvalue weighted by molar-refractivity contribution is 5.77. The molecule has 1 heterocycles. The molecule has 4 heteroatoms. The maximum atomic E-state index is 11.9. The monoisotopic (exact) mass is 263 g/mol. The van der Waals surface area contributed by atoms with Gasteiger partial charge in [0.2, 0.25) is 5.91 Å². The van der Waals surface area contributed by atoms with Gasteiger partial charge in [0.25, 0.3) is 0 Å². The van der Waals surface area contributed by atoms with E-state index in [9.17, 15) is 4.79 Å². The summed E-state index contributed by atoms with van der Waals surface area (Å²) in [4.78, 5) is 15.9. The summed E-state index contributed by atoms with van der Waals surface area (Å²) in [6.45, 7) is 8.35. The van der Waals surface area contributed by atoms with Crippen molar-refractivity contribution >= 4 is 5.91 Å². The maximum absolute atomic E-state index is 11.9. The number of aromatic nitrogens is 1. The minimum atomic E-state index is -0.0929. The molecule has 19 heavy (non-hydrogen) atoms. The van der Waals surface area contributed by atoms with E-state index < -0.39 is 0 Å². The van der Waals surface area contributed by atoms with E-state index in [1.165, 1.54) is 0 Å². The summed E-state index contributed by atoms with van der Waals surface area (Å²) in [5.41, 5.74) is 7.20. The number of nitrogens with zero attached hydrogens (tertiary/aromatic N) is 1. The minimum absolute atomic E-state index is 0.000984. The molecule has 3 N–H and O–H groups in total. The van der Waals surface area contributed by atoms with Crippen molar-refractivity contribution in [3.8, 4) is 0 Å². The molecule has 1 aromatic rings. The number of hydrogen-bond donors (Lipinski definition) is 2. The Bertz CT molecular complexity index is 398. The highest BCUT2D eigenvalue weighted by atomic mass is 16.1. The van der Waals surface area contributed by atoms with Crippen LogP contribution < -0.4 is 11.1 Å². The molecule has 0 radical (unpaired) electrons. The zero-order chi connectivity index (χ0) is 14.5. The fourth-order valence-electron chi connectivity index (χ4n) is 2.13. The predicted octanol–water partition coefficient (Wildman–Crippen LogP) is 2.41. The Kier molecular flexibility index (Phi) is 5.48. The molecule has 0 aliphatic heterocycles. The Hall–Kier alpha value is -1.42. The number of amides is 1. The lowest BCUT2D eigenvalue weighted by molar-refractivity contribution is -0.122. The van der Waals surface area contributed by atoms with Gasteiger partial charge in [-0.1, -0.05) is 20.8 Å². The van der Waals surface area contributed by atoms with Crippen molar-refractivity contribution < 1.29 is 4.79 Å². The molecule has 1 unspecified atom stereocenters. The molecule has 1 rings (SSSR count). The van der Waals surface area contributed by atoms with Crippen LogP contribution in [0.5, 0.6) is 0 Å². The van der Waals surface area contributed by atoms with Crippen molar-refractivity contribution in [2.45, 2.75) is 52.6 Å². The van der Waals surface area contributed by atoms with E-state index in [2.05, 4.69) is 31.1 Å². The van der Waals surface area contributed by atoms with Gasteiger partial charge in [0.05, 0.1) is 6.04 Å². The van der Waals surface area contributed by atoms with E-state index in [1.807, 2.05) is 19.1 Å². The van der Waals surface area contributed by atoms with Gasteiger partial charge in [-0.2, -0.15) is 0 Å². The van der Waals surface area contributed by atoms with Gasteiger partial charge in [-0.25, -0.2) is 0 Å². The van der Waals surface area contributed by atoms with Crippen LogP contribution in [0.4, 0.5) is 0 Å². The molecular weight excluding hydrogens is 238 g/mol. The molecule has 2 atom stereocenters. The summed E-state index contributed by atoms with van der Waals surface area (Å²) in [7, 11) is 0. The third-order valence-electron chi connectivity index (χ3n) is 2.91. The second-order valence-corrected chi connectivity index (χ2v) is 6.30. The lowest BCUT2D eigenvalue weighted by Gasteiger charge is -2.23. The quantitative estimate of drug-likeness (QED) is 0.857. The molecule has 0 bridgehead atoms. The summed E-state index contributed by atoms with van der Waals surface area (Å²) in [5, 5.41) is 2.97. The molecule has 1 aromatic heterocycles. The average Bonchev–Trinajstić information content (AvgIpc) is 2.27. The molecule has 0 fully saturated rings. The summed E-state index contributed by atoms with van der Waals surface area (Å²) in [6, 6.07) is 3.70. The maximum Gasteiger partial charge on any atom is 0.222 e. The van der Waals surface area contributed by atoms with Crippen LogP contribution in [0.15, 0.2) is 24.5 Å². The van der Waals surface area contributed by atoms with Crippen LogP contribution in [-0.2, 0) is 4.79 Å². The largest absolute Gasteiger partial charge is 0.350 e. The third-order valence-corrected chi connectivity index (χ3v) is 2.91. The first-order valence-corrected chi connectivity index (χ1v) is 6.73. The lowest BCUT2D eigenvalue weighted by Crippen LogP contribution is -2.35. The molecule has 1 amide bonds. The zero-order valence-electron chi connectivity index (χ0n) is 12.3. The van der Waals surface area contributed by atoms with Gasteiger partial charge in [-0.05, 0) is 36.5 Å². The molecule has 0 spiro atoms. The summed E-state index contributed by atoms with van der Waals surface area (Å²) < 4.78 is 0. The zero-order valence-corrected chi connectivity index (χ0v) is 12.3. The molecule has 0 aromatic carbocycles. The van der Waals surface area contributed by atoms with Gasteiger partial charge in [0.1, 0.15) is 0 Å². The highest BCUT2D eigenvalue weighted by Gasteiger charge is 2.19. The van der Waals surface area contributed by atoms with Gasteiger partial charge >= 0.3 is 0 Å². The fourth-order valence-corrected chi connectivity index (χ4v) is 2.13. The lowest BCUT2D eigenvalue weighted by atomic mass is 9.87. The van der Waals surface area contributed by atoms with Crippen molar-refractivity contribution in [1.82, 2.24) is 10.3 Å². The van der Waals surface area contributed by atoms with Gasteiger partial charge in [-0.15, -0.1) is 0 Å². The first kappa shape index (κ1) is 15.6. The normalized spacial score (nSPS) is 14.8. The minimum Gasteiger partial charge on any atom is -0.350 e. The predicted molar refractivity (Wildman–Crippen MR) is 77.5 cm³/mol.